The normalized spacial score (nSPS) is 27.0. The smallest absolute Gasteiger partial charge is 0.327 e. The summed E-state index contributed by atoms with van der Waals surface area (Å²) in [5.74, 6) is -0.808. The van der Waals surface area contributed by atoms with E-state index in [9.17, 15) is 9.59 Å². The van der Waals surface area contributed by atoms with Gasteiger partial charge in [-0.2, -0.15) is 0 Å². The average Bonchev–Trinajstić information content (AvgIpc) is 2.56. The summed E-state index contributed by atoms with van der Waals surface area (Å²) >= 11 is 1.47. The summed E-state index contributed by atoms with van der Waals surface area (Å²) in [4.78, 5) is 24.7. The van der Waals surface area contributed by atoms with Crippen molar-refractivity contribution in [2.75, 3.05) is 5.75 Å². The number of carbonyl (C=O) groups excluding carboxylic acids is 1. The van der Waals surface area contributed by atoms with Gasteiger partial charge in [-0.15, -0.1) is 11.8 Å². The number of carboxylic acids is 1. The Morgan fingerprint density at radius 1 is 1.47 bits per heavy atom. The Hall–Kier alpha value is -0.750. The van der Waals surface area contributed by atoms with Crippen molar-refractivity contribution in [2.45, 2.75) is 45.2 Å². The number of rotatable bonds is 2. The highest BCUT2D eigenvalue weighted by Gasteiger charge is 2.43. The van der Waals surface area contributed by atoms with Crippen molar-refractivity contribution < 1.29 is 14.7 Å². The number of thioether (sulfide) groups is 1. The summed E-state index contributed by atoms with van der Waals surface area (Å²) < 4.78 is 0. The Kier molecular flexibility index (Phi) is 4.09. The van der Waals surface area contributed by atoms with E-state index in [2.05, 4.69) is 0 Å². The molecule has 0 aromatic carbocycles. The lowest BCUT2D eigenvalue weighted by Crippen LogP contribution is -2.55. The van der Waals surface area contributed by atoms with Gasteiger partial charge in [0.2, 0.25) is 5.91 Å². The van der Waals surface area contributed by atoms with Crippen LogP contribution in [0.15, 0.2) is 0 Å². The second-order valence-electron chi connectivity index (χ2n) is 5.38. The van der Waals surface area contributed by atoms with Gasteiger partial charge in [-0.3, -0.25) is 4.79 Å². The summed E-state index contributed by atoms with van der Waals surface area (Å²) in [5.41, 5.74) is 5.54. The van der Waals surface area contributed by atoms with E-state index >= 15 is 0 Å². The van der Waals surface area contributed by atoms with E-state index in [1.54, 1.807) is 0 Å². The monoisotopic (exact) mass is 260 g/mol. The summed E-state index contributed by atoms with van der Waals surface area (Å²) in [5, 5.41) is 8.96. The predicted molar refractivity (Wildman–Crippen MR) is 67.6 cm³/mol. The summed E-state index contributed by atoms with van der Waals surface area (Å²) in [6, 6.07) is -1.43. The molecular weight excluding hydrogens is 240 g/mol. The van der Waals surface area contributed by atoms with Crippen molar-refractivity contribution in [1.82, 2.24) is 4.90 Å². The maximum Gasteiger partial charge on any atom is 0.327 e. The van der Waals surface area contributed by atoms with Gasteiger partial charge in [-0.25, -0.2) is 4.79 Å². The number of amides is 1. The molecule has 1 fully saturated rings. The second kappa shape index (κ2) is 4.86. The average molecular weight is 260 g/mol. The number of carbonyl (C=O) groups is 2. The Morgan fingerprint density at radius 2 is 2.00 bits per heavy atom. The summed E-state index contributed by atoms with van der Waals surface area (Å²) in [6.45, 7) is 7.46. The molecule has 0 radical (unpaired) electrons. The highest BCUT2D eigenvalue weighted by atomic mass is 32.2. The lowest BCUT2D eigenvalue weighted by atomic mass is 9.86. The van der Waals surface area contributed by atoms with Gasteiger partial charge in [-0.1, -0.05) is 20.8 Å². The highest BCUT2D eigenvalue weighted by Crippen LogP contribution is 2.31. The topological polar surface area (TPSA) is 83.6 Å². The van der Waals surface area contributed by atoms with Crippen LogP contribution in [0.3, 0.4) is 0 Å². The zero-order chi connectivity index (χ0) is 13.4. The van der Waals surface area contributed by atoms with Crippen LogP contribution >= 0.6 is 11.8 Å². The van der Waals surface area contributed by atoms with Gasteiger partial charge < -0.3 is 15.7 Å². The van der Waals surface area contributed by atoms with Crippen LogP contribution in [0.2, 0.25) is 0 Å². The van der Waals surface area contributed by atoms with Crippen molar-refractivity contribution >= 4 is 23.6 Å². The van der Waals surface area contributed by atoms with E-state index in [0.29, 0.717) is 5.75 Å². The molecule has 1 aliphatic rings. The summed E-state index contributed by atoms with van der Waals surface area (Å²) in [7, 11) is 0. The molecule has 0 aliphatic carbocycles. The Bertz CT molecular complexity index is 327. The number of carboxylic acid groups (broad SMARTS) is 1. The third kappa shape index (κ3) is 2.93. The molecule has 5 nitrogen and oxygen atoms in total. The van der Waals surface area contributed by atoms with Crippen molar-refractivity contribution in [1.29, 1.82) is 0 Å². The first-order valence-electron chi connectivity index (χ1n) is 5.58. The number of nitrogens with zero attached hydrogens (tertiary/aromatic N) is 1. The molecule has 0 bridgehead atoms. The lowest BCUT2D eigenvalue weighted by molar-refractivity contribution is -0.150. The fourth-order valence-corrected chi connectivity index (χ4v) is 2.87. The van der Waals surface area contributed by atoms with E-state index in [1.807, 2.05) is 27.7 Å². The third-order valence-electron chi connectivity index (χ3n) is 2.96. The first-order chi connectivity index (χ1) is 7.66. The lowest BCUT2D eigenvalue weighted by Gasteiger charge is -2.33. The molecule has 98 valence electrons. The zero-order valence-electron chi connectivity index (χ0n) is 10.6. The molecule has 1 rings (SSSR count). The molecule has 1 amide bonds. The van der Waals surface area contributed by atoms with Crippen molar-refractivity contribution in [3.05, 3.63) is 0 Å². The number of hydrogen-bond acceptors (Lipinski definition) is 4. The minimum absolute atomic E-state index is 0.128. The number of nitrogens with two attached hydrogens (primary N) is 1. The number of aliphatic carboxylic acids is 1. The second-order valence-corrected chi connectivity index (χ2v) is 6.72. The van der Waals surface area contributed by atoms with Gasteiger partial charge >= 0.3 is 5.97 Å². The Labute approximate surface area is 106 Å². The quantitative estimate of drug-likeness (QED) is 0.765. The molecule has 0 aromatic heterocycles. The molecule has 1 aliphatic heterocycles. The van der Waals surface area contributed by atoms with E-state index in [1.165, 1.54) is 16.7 Å². The van der Waals surface area contributed by atoms with Crippen LogP contribution in [0.1, 0.15) is 27.7 Å². The summed E-state index contributed by atoms with van der Waals surface area (Å²) in [6.07, 6.45) is 0. The molecule has 17 heavy (non-hydrogen) atoms. The first-order valence-corrected chi connectivity index (χ1v) is 6.63. The predicted octanol–water partition coefficient (Wildman–Crippen LogP) is 0.734. The van der Waals surface area contributed by atoms with Gasteiger partial charge in [0.1, 0.15) is 6.04 Å². The van der Waals surface area contributed by atoms with Gasteiger partial charge in [0, 0.05) is 5.75 Å². The van der Waals surface area contributed by atoms with Gasteiger partial charge in [0.25, 0.3) is 0 Å². The molecule has 3 atom stereocenters. The van der Waals surface area contributed by atoms with Gasteiger partial charge in [0.05, 0.1) is 11.4 Å². The van der Waals surface area contributed by atoms with Crippen LogP contribution in [0, 0.1) is 5.41 Å². The third-order valence-corrected chi connectivity index (χ3v) is 4.18. The fourth-order valence-electron chi connectivity index (χ4n) is 1.70. The molecule has 6 heteroatoms. The minimum Gasteiger partial charge on any atom is -0.480 e. The molecule has 0 aromatic rings. The molecule has 0 spiro atoms. The van der Waals surface area contributed by atoms with Crippen LogP contribution in [0.25, 0.3) is 0 Å². The molecule has 1 saturated heterocycles. The standard InChI is InChI=1S/C11H20N2O3S/c1-6-13(7(5-17-6)10(15)16)9(14)8(12)11(2,3)4/h6-8H,5,12H2,1-4H3,(H,15,16)/t6?,7?,8-/m1/s1. The first kappa shape index (κ1) is 14.3. The van der Waals surface area contributed by atoms with Crippen LogP contribution < -0.4 is 5.73 Å². The molecule has 1 heterocycles. The van der Waals surface area contributed by atoms with E-state index < -0.39 is 18.1 Å². The van der Waals surface area contributed by atoms with E-state index in [0.717, 1.165) is 0 Å². The largest absolute Gasteiger partial charge is 0.480 e. The van der Waals surface area contributed by atoms with Crippen LogP contribution in [0.5, 0.6) is 0 Å². The highest BCUT2D eigenvalue weighted by molar-refractivity contribution is 8.00. The van der Waals surface area contributed by atoms with E-state index in [-0.39, 0.29) is 16.7 Å². The fraction of sp³-hybridized carbons (Fsp3) is 0.818. The van der Waals surface area contributed by atoms with Gasteiger partial charge in [0.15, 0.2) is 0 Å². The molecular formula is C11H20N2O3S. The van der Waals surface area contributed by atoms with E-state index in [4.69, 9.17) is 10.8 Å². The minimum atomic E-state index is -0.962. The SMILES string of the molecule is CC1SCC(C(=O)O)N1C(=O)[C@@H](N)C(C)(C)C. The maximum atomic E-state index is 12.2. The molecule has 0 saturated carbocycles. The zero-order valence-corrected chi connectivity index (χ0v) is 11.5. The Morgan fingerprint density at radius 3 is 2.41 bits per heavy atom. The van der Waals surface area contributed by atoms with Crippen molar-refractivity contribution in [2.24, 2.45) is 11.1 Å². The Balaban J connectivity index is 2.90. The molecule has 3 N–H and O–H groups in total. The van der Waals surface area contributed by atoms with Crippen LogP contribution in [-0.4, -0.2) is 45.1 Å². The van der Waals surface area contributed by atoms with Crippen molar-refractivity contribution in [3.63, 3.8) is 0 Å². The van der Waals surface area contributed by atoms with Crippen LogP contribution in [0.4, 0.5) is 0 Å². The van der Waals surface area contributed by atoms with Crippen LogP contribution in [-0.2, 0) is 9.59 Å². The maximum absolute atomic E-state index is 12.2. The van der Waals surface area contributed by atoms with Gasteiger partial charge in [-0.05, 0) is 12.3 Å². The number of hydrogen-bond donors (Lipinski definition) is 2. The molecule has 2 unspecified atom stereocenters. The van der Waals surface area contributed by atoms with Crippen molar-refractivity contribution in [3.8, 4) is 0 Å².